The van der Waals surface area contributed by atoms with Gasteiger partial charge in [0.15, 0.2) is 6.29 Å². The van der Waals surface area contributed by atoms with Crippen LogP contribution in [0.25, 0.3) is 0 Å². The average molecular weight is 799 g/mol. The summed E-state index contributed by atoms with van der Waals surface area (Å²) in [5.41, 5.74) is 8.24. The highest BCUT2D eigenvalue weighted by Gasteiger charge is 2.52. The van der Waals surface area contributed by atoms with E-state index in [1.807, 2.05) is 103 Å². The van der Waals surface area contributed by atoms with E-state index in [1.165, 1.54) is 12.1 Å². The van der Waals surface area contributed by atoms with Crippen molar-refractivity contribution in [2.24, 2.45) is 16.6 Å². The van der Waals surface area contributed by atoms with Crippen LogP contribution in [0.3, 0.4) is 0 Å². The van der Waals surface area contributed by atoms with Crippen molar-refractivity contribution in [1.29, 1.82) is 0 Å². The molecule has 13 heteroatoms. The molecule has 6 unspecified atom stereocenters. The van der Waals surface area contributed by atoms with Gasteiger partial charge in [0, 0.05) is 18.1 Å². The van der Waals surface area contributed by atoms with E-state index in [1.54, 1.807) is 30.0 Å². The van der Waals surface area contributed by atoms with Crippen LogP contribution in [-0.4, -0.2) is 79.1 Å². The summed E-state index contributed by atoms with van der Waals surface area (Å²) in [6.07, 6.45) is -10.9. The number of ether oxygens (including phenoxy) is 6. The summed E-state index contributed by atoms with van der Waals surface area (Å²) in [7, 11) is 0. The van der Waals surface area contributed by atoms with E-state index >= 15 is 0 Å². The maximum Gasteiger partial charge on any atom is 0.468 e. The highest BCUT2D eigenvalue weighted by atomic mass is 32.2. The van der Waals surface area contributed by atoms with Crippen molar-refractivity contribution in [1.82, 2.24) is 0 Å². The Labute approximate surface area is 330 Å². The van der Waals surface area contributed by atoms with Crippen molar-refractivity contribution in [2.45, 2.75) is 63.8 Å². The third kappa shape index (κ3) is 14.6. The molecule has 4 aromatic carbocycles. The van der Waals surface area contributed by atoms with E-state index in [0.717, 1.165) is 33.9 Å². The summed E-state index contributed by atoms with van der Waals surface area (Å²) in [6, 6.07) is 36.2. The Morgan fingerprint density at radius 3 is 1.60 bits per heavy atom. The molecule has 0 saturated carbocycles. The zero-order chi connectivity index (χ0) is 38.7. The predicted octanol–water partition coefficient (Wildman–Crippen LogP) is 8.81. The molecule has 4 aromatic rings. The summed E-state index contributed by atoms with van der Waals surface area (Å²) in [4.78, 5) is 3.85. The highest BCUT2D eigenvalue weighted by Crippen LogP contribution is 2.34. The lowest BCUT2D eigenvalue weighted by atomic mass is 10.0. The minimum atomic E-state index is -4.96. The molecular weight excluding hydrogens is 750 g/mol. The van der Waals surface area contributed by atoms with Crippen LogP contribution in [-0.2, 0) is 48.2 Å². The Kier molecular flexibility index (Phi) is 17.9. The molecule has 2 N–H and O–H groups in total. The second-order valence-corrected chi connectivity index (χ2v) is 15.2. The monoisotopic (exact) mass is 798 g/mol. The molecule has 0 aliphatic carbocycles. The largest absolute Gasteiger partial charge is 0.468 e. The topological polar surface area (TPSA) is 93.8 Å². The number of alkyl halides is 3. The van der Waals surface area contributed by atoms with Crippen molar-refractivity contribution in [3.63, 3.8) is 0 Å². The Balaban J connectivity index is 1.46. The molecule has 0 radical (unpaired) electrons. The molecule has 55 heavy (non-hydrogen) atoms. The van der Waals surface area contributed by atoms with Crippen LogP contribution < -0.4 is 5.73 Å². The van der Waals surface area contributed by atoms with Gasteiger partial charge in [0.1, 0.15) is 18.3 Å². The predicted molar refractivity (Wildman–Crippen MR) is 213 cm³/mol. The number of nitrogens with two attached hydrogens (primary N) is 1. The fourth-order valence-corrected chi connectivity index (χ4v) is 7.56. The first-order valence-corrected chi connectivity index (χ1v) is 20.6. The number of rotatable bonds is 21. The van der Waals surface area contributed by atoms with Crippen LogP contribution in [0.5, 0.6) is 0 Å². The van der Waals surface area contributed by atoms with E-state index in [4.69, 9.17) is 34.2 Å². The van der Waals surface area contributed by atoms with Gasteiger partial charge in [-0.1, -0.05) is 116 Å². The normalized spacial score (nSPS) is 21.0. The molecule has 1 aliphatic rings. The van der Waals surface area contributed by atoms with Gasteiger partial charge in [-0.3, -0.25) is 0 Å². The molecule has 296 valence electrons. The minimum absolute atomic E-state index is 0.0341. The average Bonchev–Trinajstić information content (AvgIpc) is 3.20. The molecule has 8 nitrogen and oxygen atoms in total. The number of hydrogen-bond acceptors (Lipinski definition) is 10. The van der Waals surface area contributed by atoms with Crippen LogP contribution in [0.1, 0.15) is 23.6 Å². The van der Waals surface area contributed by atoms with Gasteiger partial charge in [0.2, 0.25) is 6.29 Å². The summed E-state index contributed by atoms with van der Waals surface area (Å²) in [5.74, 6) is 2.43. The zero-order valence-corrected chi connectivity index (χ0v) is 32.4. The Morgan fingerprint density at radius 2 is 1.11 bits per heavy atom. The SMILES string of the molecule is CC(CSCCN)CSCCOC1OC(OC(=Nc2ccccc2)C(F)(F)F)C(OCc2ccccc2)C(OCc2ccccc2)C1OCc1ccccc1. The van der Waals surface area contributed by atoms with Gasteiger partial charge in [0.05, 0.1) is 32.1 Å². The summed E-state index contributed by atoms with van der Waals surface area (Å²) >= 11 is 3.56. The van der Waals surface area contributed by atoms with Gasteiger partial charge < -0.3 is 34.2 Å². The Morgan fingerprint density at radius 1 is 0.655 bits per heavy atom. The minimum Gasteiger partial charge on any atom is -0.441 e. The molecule has 6 atom stereocenters. The summed E-state index contributed by atoms with van der Waals surface area (Å²) in [5, 5.41) is 0. The molecular formula is C42H49F3N2O6S2. The zero-order valence-electron chi connectivity index (χ0n) is 30.8. The number of thioether (sulfide) groups is 2. The van der Waals surface area contributed by atoms with Crippen LogP contribution in [0.2, 0.25) is 0 Å². The summed E-state index contributed by atoms with van der Waals surface area (Å²) in [6.45, 7) is 3.38. The first-order chi connectivity index (χ1) is 26.8. The number of hydrogen-bond donors (Lipinski definition) is 1. The molecule has 0 aromatic heterocycles. The Bertz CT molecular complexity index is 1660. The third-order valence-corrected chi connectivity index (χ3v) is 10.9. The third-order valence-electron chi connectivity index (χ3n) is 8.34. The number of benzene rings is 4. The maximum absolute atomic E-state index is 14.7. The number of aliphatic imine (C=N–C) groups is 1. The van der Waals surface area contributed by atoms with Gasteiger partial charge in [-0.2, -0.15) is 36.7 Å². The molecule has 0 amide bonds. The van der Waals surface area contributed by atoms with Gasteiger partial charge >= 0.3 is 6.18 Å². The fourth-order valence-electron chi connectivity index (χ4n) is 5.66. The fraction of sp³-hybridized carbons (Fsp3) is 0.405. The molecule has 1 fully saturated rings. The standard InChI is InChI=1S/C42H49F3N2O6S2/c1-31(29-54-24-22-46)30-55-25-23-48-39-37(50-27-33-16-8-3-9-17-33)36(49-26-32-14-6-2-7-15-32)38(51-28-34-18-10-4-11-19-34)40(52-39)53-41(42(43,44)45)47-35-20-12-5-13-21-35/h2-21,31,36-40H,22-30,46H2,1H3. The second-order valence-electron chi connectivity index (χ2n) is 12.9. The quantitative estimate of drug-likeness (QED) is 0.0505. The van der Waals surface area contributed by atoms with Crippen molar-refractivity contribution >= 4 is 35.1 Å². The van der Waals surface area contributed by atoms with Crippen LogP contribution in [0, 0.1) is 5.92 Å². The van der Waals surface area contributed by atoms with E-state index < -0.39 is 43.0 Å². The van der Waals surface area contributed by atoms with Crippen molar-refractivity contribution in [3.8, 4) is 0 Å². The van der Waals surface area contributed by atoms with E-state index in [-0.39, 0.29) is 32.1 Å². The van der Waals surface area contributed by atoms with Crippen LogP contribution in [0.4, 0.5) is 18.9 Å². The van der Waals surface area contributed by atoms with Crippen molar-refractivity contribution in [2.75, 3.05) is 36.2 Å². The Hall–Kier alpha value is -3.40. The van der Waals surface area contributed by atoms with Crippen LogP contribution >= 0.6 is 23.5 Å². The van der Waals surface area contributed by atoms with E-state index in [0.29, 0.717) is 18.2 Å². The van der Waals surface area contributed by atoms with Gasteiger partial charge in [0.25, 0.3) is 5.90 Å². The van der Waals surface area contributed by atoms with Gasteiger partial charge in [-0.25, -0.2) is 4.99 Å². The molecule has 1 heterocycles. The lowest BCUT2D eigenvalue weighted by Crippen LogP contribution is -2.62. The van der Waals surface area contributed by atoms with Crippen LogP contribution in [0.15, 0.2) is 126 Å². The number of nitrogens with zero attached hydrogens (tertiary/aromatic N) is 1. The number of para-hydroxylation sites is 1. The summed E-state index contributed by atoms with van der Waals surface area (Å²) < 4.78 is 82.1. The van der Waals surface area contributed by atoms with Crippen molar-refractivity contribution in [3.05, 3.63) is 138 Å². The van der Waals surface area contributed by atoms with Gasteiger partial charge in [-0.05, 0) is 46.2 Å². The second kappa shape index (κ2) is 23.0. The number of halogens is 3. The molecule has 0 bridgehead atoms. The first kappa shape index (κ1) is 42.7. The van der Waals surface area contributed by atoms with Gasteiger partial charge in [-0.15, -0.1) is 0 Å². The van der Waals surface area contributed by atoms with E-state index in [2.05, 4.69) is 11.9 Å². The van der Waals surface area contributed by atoms with E-state index in [9.17, 15) is 13.2 Å². The highest BCUT2D eigenvalue weighted by molar-refractivity contribution is 8.00. The van der Waals surface area contributed by atoms with Crippen molar-refractivity contribution < 1.29 is 41.6 Å². The lowest BCUT2D eigenvalue weighted by Gasteiger charge is -2.45. The molecule has 1 aliphatic heterocycles. The molecule has 1 saturated heterocycles. The first-order valence-electron chi connectivity index (χ1n) is 18.3. The maximum atomic E-state index is 14.7. The smallest absolute Gasteiger partial charge is 0.441 e. The molecule has 5 rings (SSSR count). The lowest BCUT2D eigenvalue weighted by molar-refractivity contribution is -0.358. The molecule has 0 spiro atoms.